The Balaban J connectivity index is 1.85. The zero-order chi connectivity index (χ0) is 22.2. The summed E-state index contributed by atoms with van der Waals surface area (Å²) in [5.41, 5.74) is 4.23. The molecule has 0 fully saturated rings. The van der Waals surface area contributed by atoms with Crippen LogP contribution in [0, 0.1) is 5.41 Å². The molecule has 4 rings (SSSR count). The summed E-state index contributed by atoms with van der Waals surface area (Å²) in [7, 11) is 0. The Morgan fingerprint density at radius 3 is 2.55 bits per heavy atom. The molecule has 0 aromatic heterocycles. The Labute approximate surface area is 182 Å². The Bertz CT molecular complexity index is 1070. The molecule has 31 heavy (non-hydrogen) atoms. The van der Waals surface area contributed by atoms with Crippen LogP contribution >= 0.6 is 0 Å². The van der Waals surface area contributed by atoms with Crippen molar-refractivity contribution in [3.8, 4) is 11.5 Å². The van der Waals surface area contributed by atoms with Crippen molar-refractivity contribution in [3.05, 3.63) is 59.3 Å². The van der Waals surface area contributed by atoms with E-state index in [-0.39, 0.29) is 17.2 Å². The third kappa shape index (κ3) is 4.29. The number of para-hydroxylation sites is 2. The number of carbonyl (C=O) groups is 2. The van der Waals surface area contributed by atoms with Crippen molar-refractivity contribution in [3.63, 3.8) is 0 Å². The van der Waals surface area contributed by atoms with E-state index in [1.54, 1.807) is 12.1 Å². The molecule has 1 heterocycles. The number of Topliss-reactive ketones (excluding diaryl/α,β-unsaturated/α-hetero) is 1. The average Bonchev–Trinajstić information content (AvgIpc) is 2.84. The molecule has 162 valence electrons. The highest BCUT2D eigenvalue weighted by Gasteiger charge is 2.38. The van der Waals surface area contributed by atoms with Gasteiger partial charge in [-0.1, -0.05) is 32.0 Å². The largest absolute Gasteiger partial charge is 0.490 e. The second-order valence-electron chi connectivity index (χ2n) is 8.81. The van der Waals surface area contributed by atoms with Crippen LogP contribution in [0.5, 0.6) is 11.5 Å². The number of fused-ring (bicyclic) bond motifs is 1. The van der Waals surface area contributed by atoms with Gasteiger partial charge in [0.05, 0.1) is 24.0 Å². The highest BCUT2D eigenvalue weighted by molar-refractivity contribution is 6.01. The first kappa shape index (κ1) is 21.0. The molecule has 6 heteroatoms. The number of rotatable bonds is 4. The van der Waals surface area contributed by atoms with E-state index in [2.05, 4.69) is 24.5 Å². The minimum absolute atomic E-state index is 0.117. The van der Waals surface area contributed by atoms with Gasteiger partial charge in [-0.3, -0.25) is 9.59 Å². The van der Waals surface area contributed by atoms with E-state index in [9.17, 15) is 9.59 Å². The van der Waals surface area contributed by atoms with Crippen LogP contribution in [-0.4, -0.2) is 18.4 Å². The quantitative estimate of drug-likeness (QED) is 0.521. The monoisotopic (exact) mass is 420 g/mol. The highest BCUT2D eigenvalue weighted by atomic mass is 16.6. The second kappa shape index (κ2) is 8.10. The maximum atomic E-state index is 13.3. The van der Waals surface area contributed by atoms with Crippen molar-refractivity contribution >= 4 is 23.1 Å². The number of carbonyl (C=O) groups excluding carboxylic acids is 2. The highest BCUT2D eigenvalue weighted by Crippen LogP contribution is 2.46. The Morgan fingerprint density at radius 2 is 1.84 bits per heavy atom. The van der Waals surface area contributed by atoms with E-state index in [4.69, 9.17) is 9.47 Å². The SMILES string of the molecule is CCOc1ccc([C@H]2Nc3ccccc3NC3=C2C(=O)CC(C)(C)C3)cc1OC(C)=O. The molecule has 0 bridgehead atoms. The van der Waals surface area contributed by atoms with Gasteiger partial charge in [-0.2, -0.15) is 0 Å². The lowest BCUT2D eigenvalue weighted by Crippen LogP contribution is -2.31. The van der Waals surface area contributed by atoms with Gasteiger partial charge in [0.25, 0.3) is 0 Å². The summed E-state index contributed by atoms with van der Waals surface area (Å²) in [6.45, 7) is 7.92. The smallest absolute Gasteiger partial charge is 0.308 e. The molecule has 2 aromatic carbocycles. The fourth-order valence-electron chi connectivity index (χ4n) is 4.35. The van der Waals surface area contributed by atoms with Crippen molar-refractivity contribution in [1.82, 2.24) is 0 Å². The fourth-order valence-corrected chi connectivity index (χ4v) is 4.35. The number of benzene rings is 2. The molecule has 2 aliphatic rings. The van der Waals surface area contributed by atoms with Gasteiger partial charge in [-0.15, -0.1) is 0 Å². The number of esters is 1. The average molecular weight is 421 g/mol. The minimum Gasteiger partial charge on any atom is -0.490 e. The number of allylic oxidation sites excluding steroid dienone is 1. The first-order valence-electron chi connectivity index (χ1n) is 10.6. The number of ketones is 1. The molecule has 0 radical (unpaired) electrons. The van der Waals surface area contributed by atoms with Crippen molar-refractivity contribution in [1.29, 1.82) is 0 Å². The number of hydrogen-bond acceptors (Lipinski definition) is 6. The number of nitrogens with one attached hydrogen (secondary N) is 2. The molecule has 1 atom stereocenters. The van der Waals surface area contributed by atoms with Crippen molar-refractivity contribution < 1.29 is 19.1 Å². The predicted octanol–water partition coefficient (Wildman–Crippen LogP) is 5.23. The van der Waals surface area contributed by atoms with Crippen LogP contribution in [0.1, 0.15) is 52.1 Å². The maximum absolute atomic E-state index is 13.3. The van der Waals surface area contributed by atoms with Gasteiger partial charge in [0.15, 0.2) is 17.3 Å². The van der Waals surface area contributed by atoms with Crippen LogP contribution in [0.2, 0.25) is 0 Å². The molecule has 1 aliphatic heterocycles. The lowest BCUT2D eigenvalue weighted by Gasteiger charge is -2.34. The molecular weight excluding hydrogens is 392 g/mol. The summed E-state index contributed by atoms with van der Waals surface area (Å²) in [4.78, 5) is 25.0. The van der Waals surface area contributed by atoms with E-state index in [1.807, 2.05) is 37.3 Å². The Morgan fingerprint density at radius 1 is 1.10 bits per heavy atom. The first-order chi connectivity index (χ1) is 14.8. The summed E-state index contributed by atoms with van der Waals surface area (Å²) in [6.07, 6.45) is 1.25. The molecule has 0 amide bonds. The zero-order valence-electron chi connectivity index (χ0n) is 18.4. The van der Waals surface area contributed by atoms with E-state index in [0.29, 0.717) is 24.5 Å². The normalized spacial score (nSPS) is 19.4. The topological polar surface area (TPSA) is 76.7 Å². The third-order valence-corrected chi connectivity index (χ3v) is 5.58. The summed E-state index contributed by atoms with van der Waals surface area (Å²) in [6, 6.07) is 13.1. The van der Waals surface area contributed by atoms with Crippen LogP contribution in [-0.2, 0) is 9.59 Å². The number of hydrogen-bond donors (Lipinski definition) is 2. The summed E-state index contributed by atoms with van der Waals surface area (Å²) in [5, 5.41) is 7.05. The zero-order valence-corrected chi connectivity index (χ0v) is 18.4. The van der Waals surface area contributed by atoms with Crippen LogP contribution in [0.4, 0.5) is 11.4 Å². The summed E-state index contributed by atoms with van der Waals surface area (Å²) < 4.78 is 11.0. The summed E-state index contributed by atoms with van der Waals surface area (Å²) in [5.74, 6) is 0.546. The van der Waals surface area contributed by atoms with Crippen molar-refractivity contribution in [2.24, 2.45) is 5.41 Å². The van der Waals surface area contributed by atoms with E-state index >= 15 is 0 Å². The molecule has 2 aromatic rings. The Kier molecular flexibility index (Phi) is 5.48. The van der Waals surface area contributed by atoms with Crippen LogP contribution < -0.4 is 20.1 Å². The van der Waals surface area contributed by atoms with Crippen molar-refractivity contribution in [2.75, 3.05) is 17.2 Å². The molecule has 2 N–H and O–H groups in total. The predicted molar refractivity (Wildman–Crippen MR) is 120 cm³/mol. The lowest BCUT2D eigenvalue weighted by atomic mass is 9.73. The second-order valence-corrected chi connectivity index (χ2v) is 8.81. The number of ether oxygens (including phenoxy) is 2. The molecular formula is C25H28N2O4. The van der Waals surface area contributed by atoms with Crippen LogP contribution in [0.3, 0.4) is 0 Å². The molecule has 0 saturated carbocycles. The van der Waals surface area contributed by atoms with E-state index in [1.165, 1.54) is 6.92 Å². The van der Waals surface area contributed by atoms with Gasteiger partial charge < -0.3 is 20.1 Å². The van der Waals surface area contributed by atoms with Crippen LogP contribution in [0.15, 0.2) is 53.7 Å². The van der Waals surface area contributed by atoms with Gasteiger partial charge >= 0.3 is 5.97 Å². The van der Waals surface area contributed by atoms with Gasteiger partial charge in [-0.05, 0) is 48.6 Å². The fraction of sp³-hybridized carbons (Fsp3) is 0.360. The lowest BCUT2D eigenvalue weighted by molar-refractivity contribution is -0.132. The molecule has 1 aliphatic carbocycles. The maximum Gasteiger partial charge on any atom is 0.308 e. The molecule has 6 nitrogen and oxygen atoms in total. The van der Waals surface area contributed by atoms with Crippen LogP contribution in [0.25, 0.3) is 0 Å². The van der Waals surface area contributed by atoms with E-state index in [0.717, 1.165) is 34.6 Å². The van der Waals surface area contributed by atoms with Gasteiger partial charge in [0.1, 0.15) is 0 Å². The Hall–Kier alpha value is -3.28. The molecule has 0 unspecified atom stereocenters. The minimum atomic E-state index is -0.422. The van der Waals surface area contributed by atoms with Gasteiger partial charge in [0.2, 0.25) is 0 Å². The number of anilines is 2. The molecule has 0 saturated heterocycles. The van der Waals surface area contributed by atoms with Crippen molar-refractivity contribution in [2.45, 2.75) is 46.6 Å². The summed E-state index contributed by atoms with van der Waals surface area (Å²) >= 11 is 0. The van der Waals surface area contributed by atoms with Gasteiger partial charge in [-0.25, -0.2) is 0 Å². The van der Waals surface area contributed by atoms with E-state index < -0.39 is 5.97 Å². The first-order valence-corrected chi connectivity index (χ1v) is 10.6. The standard InChI is InChI=1S/C25H28N2O4/c1-5-30-21-11-10-16(12-22(21)31-15(2)28)24-23-19(13-25(3,4)14-20(23)29)26-17-8-6-7-9-18(17)27-24/h6-12,24,26-27H,5,13-14H2,1-4H3/t24-/m1/s1. The van der Waals surface area contributed by atoms with Gasteiger partial charge in [0, 0.05) is 24.6 Å². The molecule has 0 spiro atoms. The third-order valence-electron chi connectivity index (χ3n) is 5.58.